The van der Waals surface area contributed by atoms with E-state index in [4.69, 9.17) is 9.15 Å². The van der Waals surface area contributed by atoms with Crippen molar-refractivity contribution < 1.29 is 13.5 Å². The van der Waals surface area contributed by atoms with E-state index < -0.39 is 0 Å². The van der Waals surface area contributed by atoms with Gasteiger partial charge in [0.15, 0.2) is 17.3 Å². The van der Waals surface area contributed by atoms with Gasteiger partial charge in [-0.1, -0.05) is 0 Å². The maximum absolute atomic E-state index is 13.6. The third kappa shape index (κ3) is 1.75. The molecule has 0 saturated heterocycles. The predicted octanol–water partition coefficient (Wildman–Crippen LogP) is 3.06. The molecule has 1 saturated carbocycles. The first-order chi connectivity index (χ1) is 7.72. The van der Waals surface area contributed by atoms with Crippen LogP contribution in [0.4, 0.5) is 4.39 Å². The molecule has 0 amide bonds. The molecule has 3 nitrogen and oxygen atoms in total. The number of nitrogens with zero attached hydrogens (tertiary/aromatic N) is 1. The third-order valence-electron chi connectivity index (χ3n) is 2.71. The second-order valence-corrected chi connectivity index (χ2v) is 4.24. The second kappa shape index (κ2) is 3.47. The van der Waals surface area contributed by atoms with Crippen LogP contribution >= 0.6 is 0 Å². The Morgan fingerprint density at radius 1 is 1.50 bits per heavy atom. The van der Waals surface area contributed by atoms with Crippen LogP contribution in [0.1, 0.15) is 18.7 Å². The molecule has 1 aliphatic rings. The summed E-state index contributed by atoms with van der Waals surface area (Å²) in [5.74, 6) is 1.25. The van der Waals surface area contributed by atoms with Crippen molar-refractivity contribution in [1.29, 1.82) is 0 Å². The van der Waals surface area contributed by atoms with Crippen molar-refractivity contribution in [1.82, 2.24) is 4.98 Å². The van der Waals surface area contributed by atoms with E-state index in [-0.39, 0.29) is 11.3 Å². The molecule has 1 fully saturated rings. The number of oxazole rings is 1. The summed E-state index contributed by atoms with van der Waals surface area (Å²) < 4.78 is 24.4. The Labute approximate surface area is 92.2 Å². The van der Waals surface area contributed by atoms with E-state index in [9.17, 15) is 4.39 Å². The Kier molecular flexibility index (Phi) is 2.09. The number of rotatable bonds is 3. The summed E-state index contributed by atoms with van der Waals surface area (Å²) >= 11 is 0. The quantitative estimate of drug-likeness (QED) is 0.799. The van der Waals surface area contributed by atoms with E-state index in [1.54, 1.807) is 13.0 Å². The van der Waals surface area contributed by atoms with E-state index in [2.05, 4.69) is 4.98 Å². The molecular weight excluding hydrogens is 209 g/mol. The van der Waals surface area contributed by atoms with Gasteiger partial charge in [0.05, 0.1) is 6.61 Å². The molecule has 4 heteroatoms. The monoisotopic (exact) mass is 221 g/mol. The van der Waals surface area contributed by atoms with Gasteiger partial charge in [-0.2, -0.15) is 0 Å². The maximum atomic E-state index is 13.6. The van der Waals surface area contributed by atoms with Crippen LogP contribution in [0.2, 0.25) is 0 Å². The summed E-state index contributed by atoms with van der Waals surface area (Å²) in [7, 11) is 0. The Morgan fingerprint density at radius 2 is 2.31 bits per heavy atom. The zero-order valence-corrected chi connectivity index (χ0v) is 9.00. The molecule has 0 aliphatic heterocycles. The number of benzene rings is 1. The minimum absolute atomic E-state index is 0.274. The molecule has 0 bridgehead atoms. The highest BCUT2D eigenvalue weighted by atomic mass is 19.1. The van der Waals surface area contributed by atoms with Crippen molar-refractivity contribution in [3.8, 4) is 5.75 Å². The number of aromatic nitrogens is 1. The van der Waals surface area contributed by atoms with Gasteiger partial charge in [-0.05, 0) is 18.8 Å². The molecule has 84 valence electrons. The number of hydrogen-bond donors (Lipinski definition) is 0. The molecule has 16 heavy (non-hydrogen) atoms. The van der Waals surface area contributed by atoms with Gasteiger partial charge in [0.1, 0.15) is 11.3 Å². The van der Waals surface area contributed by atoms with Gasteiger partial charge < -0.3 is 9.15 Å². The van der Waals surface area contributed by atoms with Crippen molar-refractivity contribution in [2.24, 2.45) is 5.92 Å². The normalized spacial score (nSPS) is 15.6. The fraction of sp³-hybridized carbons (Fsp3) is 0.417. The lowest BCUT2D eigenvalue weighted by Gasteiger charge is -2.04. The minimum Gasteiger partial charge on any atom is -0.493 e. The van der Waals surface area contributed by atoms with Crippen LogP contribution in [0, 0.1) is 18.7 Å². The Morgan fingerprint density at radius 3 is 3.06 bits per heavy atom. The van der Waals surface area contributed by atoms with Crippen LogP contribution < -0.4 is 4.74 Å². The summed E-state index contributed by atoms with van der Waals surface area (Å²) in [6.07, 6.45) is 2.43. The molecule has 1 aromatic carbocycles. The fourth-order valence-corrected chi connectivity index (χ4v) is 1.66. The highest BCUT2D eigenvalue weighted by Crippen LogP contribution is 2.31. The number of aryl methyl sites for hydroxylation is 1. The van der Waals surface area contributed by atoms with Crippen molar-refractivity contribution in [2.75, 3.05) is 6.61 Å². The fourth-order valence-electron chi connectivity index (χ4n) is 1.66. The minimum atomic E-state index is -0.389. The van der Waals surface area contributed by atoms with Crippen molar-refractivity contribution in [3.05, 3.63) is 23.8 Å². The number of ether oxygens (including phenoxy) is 1. The van der Waals surface area contributed by atoms with Gasteiger partial charge in [-0.25, -0.2) is 9.37 Å². The summed E-state index contributed by atoms with van der Waals surface area (Å²) in [6.45, 7) is 2.36. The molecular formula is C12H12FNO2. The average molecular weight is 221 g/mol. The van der Waals surface area contributed by atoms with Gasteiger partial charge >= 0.3 is 0 Å². The van der Waals surface area contributed by atoms with Crippen LogP contribution in [0.3, 0.4) is 0 Å². The number of fused-ring (bicyclic) bond motifs is 1. The van der Waals surface area contributed by atoms with Crippen LogP contribution in [0.15, 0.2) is 16.5 Å². The molecule has 0 atom stereocenters. The molecule has 0 N–H and O–H groups in total. The molecule has 1 aromatic heterocycles. The zero-order valence-electron chi connectivity index (χ0n) is 9.00. The first-order valence-corrected chi connectivity index (χ1v) is 5.42. The van der Waals surface area contributed by atoms with E-state index in [0.717, 1.165) is 0 Å². The highest BCUT2D eigenvalue weighted by molar-refractivity contribution is 5.75. The lowest BCUT2D eigenvalue weighted by Crippen LogP contribution is -1.99. The maximum Gasteiger partial charge on any atom is 0.192 e. The lowest BCUT2D eigenvalue weighted by molar-refractivity contribution is 0.298. The van der Waals surface area contributed by atoms with Gasteiger partial charge in [0, 0.05) is 19.1 Å². The SMILES string of the molecule is Cc1nc2c(F)cc(OCC3CC3)cc2o1. The van der Waals surface area contributed by atoms with Gasteiger partial charge in [0.25, 0.3) is 0 Å². The average Bonchev–Trinajstić information content (AvgIpc) is 2.98. The molecule has 0 radical (unpaired) electrons. The first-order valence-electron chi connectivity index (χ1n) is 5.42. The van der Waals surface area contributed by atoms with Crippen molar-refractivity contribution in [2.45, 2.75) is 19.8 Å². The van der Waals surface area contributed by atoms with Crippen LogP contribution in [-0.4, -0.2) is 11.6 Å². The summed E-state index contributed by atoms with van der Waals surface area (Å²) in [4.78, 5) is 3.96. The highest BCUT2D eigenvalue weighted by Gasteiger charge is 2.22. The summed E-state index contributed by atoms with van der Waals surface area (Å²) in [6, 6.07) is 3.06. The molecule has 2 aromatic rings. The Balaban J connectivity index is 1.92. The summed E-state index contributed by atoms with van der Waals surface area (Å²) in [5.41, 5.74) is 0.722. The molecule has 1 heterocycles. The van der Waals surface area contributed by atoms with Crippen LogP contribution in [0.5, 0.6) is 5.75 Å². The molecule has 0 unspecified atom stereocenters. The largest absolute Gasteiger partial charge is 0.493 e. The Hall–Kier alpha value is -1.58. The Bertz CT molecular complexity index is 531. The number of halogens is 1. The van der Waals surface area contributed by atoms with E-state index in [1.165, 1.54) is 18.9 Å². The lowest BCUT2D eigenvalue weighted by atomic mass is 10.3. The topological polar surface area (TPSA) is 35.3 Å². The van der Waals surface area contributed by atoms with Crippen LogP contribution in [0.25, 0.3) is 11.1 Å². The van der Waals surface area contributed by atoms with Gasteiger partial charge in [0.2, 0.25) is 0 Å². The standard InChI is InChI=1S/C12H12FNO2/c1-7-14-12-10(13)4-9(5-11(12)16-7)15-6-8-2-3-8/h4-5,8H,2-3,6H2,1H3. The van der Waals surface area contributed by atoms with Crippen molar-refractivity contribution in [3.63, 3.8) is 0 Å². The van der Waals surface area contributed by atoms with Crippen molar-refractivity contribution >= 4 is 11.1 Å². The van der Waals surface area contributed by atoms with E-state index in [1.807, 2.05) is 0 Å². The van der Waals surface area contributed by atoms with E-state index >= 15 is 0 Å². The van der Waals surface area contributed by atoms with Gasteiger partial charge in [-0.15, -0.1) is 0 Å². The van der Waals surface area contributed by atoms with Gasteiger partial charge in [-0.3, -0.25) is 0 Å². The summed E-state index contributed by atoms with van der Waals surface area (Å²) in [5, 5.41) is 0. The molecule has 1 aliphatic carbocycles. The zero-order chi connectivity index (χ0) is 11.1. The third-order valence-corrected chi connectivity index (χ3v) is 2.71. The predicted molar refractivity (Wildman–Crippen MR) is 56.9 cm³/mol. The number of hydrogen-bond acceptors (Lipinski definition) is 3. The molecule has 0 spiro atoms. The van der Waals surface area contributed by atoms with Crippen LogP contribution in [-0.2, 0) is 0 Å². The molecule has 3 rings (SSSR count). The first kappa shape index (κ1) is 9.63. The second-order valence-electron chi connectivity index (χ2n) is 4.24. The smallest absolute Gasteiger partial charge is 0.192 e. The van der Waals surface area contributed by atoms with E-state index in [0.29, 0.717) is 29.7 Å².